The number of hydrogen-bond acceptors (Lipinski definition) is 3. The van der Waals surface area contributed by atoms with Crippen LogP contribution >= 0.6 is 27.5 Å². The van der Waals surface area contributed by atoms with Crippen LogP contribution in [0.25, 0.3) is 21.9 Å². The van der Waals surface area contributed by atoms with Crippen LogP contribution in [0.2, 0.25) is 5.02 Å². The van der Waals surface area contributed by atoms with E-state index in [0.29, 0.717) is 27.7 Å². The lowest BCUT2D eigenvalue weighted by atomic mass is 9.86. The number of benzene rings is 6. The summed E-state index contributed by atoms with van der Waals surface area (Å²) in [6.07, 6.45) is 0. The third-order valence-electron chi connectivity index (χ3n) is 10.4. The molecule has 0 aliphatic heterocycles. The van der Waals surface area contributed by atoms with Gasteiger partial charge in [0.15, 0.2) is 0 Å². The lowest BCUT2D eigenvalue weighted by Crippen LogP contribution is -2.17. The summed E-state index contributed by atoms with van der Waals surface area (Å²) < 4.78 is 23.9. The third-order valence-corrected chi connectivity index (χ3v) is 11.6. The van der Waals surface area contributed by atoms with Gasteiger partial charge in [-0.1, -0.05) is 122 Å². The third kappa shape index (κ3) is 7.54. The highest BCUT2D eigenvalue weighted by Crippen LogP contribution is 2.50. The minimum absolute atomic E-state index is 0.0145. The van der Waals surface area contributed by atoms with Crippen LogP contribution in [0.1, 0.15) is 84.6 Å². The van der Waals surface area contributed by atoms with E-state index in [1.165, 1.54) is 11.1 Å². The molecule has 6 heteroatoms. The Morgan fingerprint density at radius 2 is 1.11 bits per heavy atom. The number of nitrogens with zero attached hydrogens (tertiary/aromatic N) is 2. The number of fused-ring (bicyclic) bond motifs is 3. The predicted octanol–water partition coefficient (Wildman–Crippen LogP) is 16.3. The van der Waals surface area contributed by atoms with Crippen LogP contribution in [0.5, 0.6) is 0 Å². The lowest BCUT2D eigenvalue weighted by molar-refractivity contribution is 0.589. The summed E-state index contributed by atoms with van der Waals surface area (Å²) in [5.41, 5.74) is 10.2. The van der Waals surface area contributed by atoms with Crippen molar-refractivity contribution in [1.82, 2.24) is 0 Å². The second-order valence-corrected chi connectivity index (χ2v) is 18.9. The average Bonchev–Trinajstić information content (AvgIpc) is 3.49. The van der Waals surface area contributed by atoms with Crippen LogP contribution < -0.4 is 9.80 Å². The molecule has 0 aliphatic carbocycles. The summed E-state index contributed by atoms with van der Waals surface area (Å²) in [7, 11) is 0. The van der Waals surface area contributed by atoms with Gasteiger partial charge in [0.1, 0.15) is 17.0 Å². The molecule has 0 saturated carbocycles. The molecule has 7 aromatic rings. The van der Waals surface area contributed by atoms with E-state index in [0.717, 1.165) is 49.0 Å². The van der Waals surface area contributed by atoms with Crippen molar-refractivity contribution in [3.8, 4) is 0 Å². The molecular weight excluding hydrogens is 767 g/mol. The first-order valence-corrected chi connectivity index (χ1v) is 20.0. The van der Waals surface area contributed by atoms with Gasteiger partial charge in [0.2, 0.25) is 0 Å². The van der Waals surface area contributed by atoms with Crippen molar-refractivity contribution in [3.05, 3.63) is 153 Å². The van der Waals surface area contributed by atoms with Crippen LogP contribution in [0.4, 0.5) is 38.5 Å². The van der Waals surface area contributed by atoms with Gasteiger partial charge in [-0.3, -0.25) is 0 Å². The largest absolute Gasteiger partial charge is 0.456 e. The van der Waals surface area contributed by atoms with Gasteiger partial charge < -0.3 is 14.2 Å². The molecule has 282 valence electrons. The summed E-state index contributed by atoms with van der Waals surface area (Å²) in [6, 6.07) is 39.4. The van der Waals surface area contributed by atoms with E-state index in [9.17, 15) is 0 Å². The van der Waals surface area contributed by atoms with Crippen LogP contribution in [-0.2, 0) is 16.2 Å². The molecule has 1 heterocycles. The summed E-state index contributed by atoms with van der Waals surface area (Å²) in [5.74, 6) is -0.355. The van der Waals surface area contributed by atoms with Gasteiger partial charge in [0, 0.05) is 27.3 Å². The van der Waals surface area contributed by atoms with Gasteiger partial charge in [0.05, 0.1) is 33.2 Å². The zero-order valence-electron chi connectivity index (χ0n) is 33.4. The van der Waals surface area contributed by atoms with Crippen molar-refractivity contribution in [2.75, 3.05) is 9.80 Å². The van der Waals surface area contributed by atoms with Gasteiger partial charge >= 0.3 is 0 Å². The first kappa shape index (κ1) is 38.7. The Morgan fingerprint density at radius 3 is 1.65 bits per heavy atom. The molecule has 3 nitrogen and oxygen atoms in total. The smallest absolute Gasteiger partial charge is 0.147 e. The average molecular weight is 816 g/mol. The highest BCUT2D eigenvalue weighted by Gasteiger charge is 2.28. The van der Waals surface area contributed by atoms with Gasteiger partial charge in [-0.15, -0.1) is 0 Å². The standard InChI is InChI=1S/C49H49BrClFN2O/c1-30-15-24-40(39(52)25-30)54(42-27-33(49(8,9)10)26-38(50)46(42)51)36-28-41(45-37-13-11-12-14-43(37)55-44(45)29-36)53(34-20-16-31(17-21-34)47(2,3)4)35-22-18-32(19-23-35)48(5,6)7/h11-29H,1-10H3. The number of rotatable bonds is 6. The molecule has 0 amide bonds. The maximum atomic E-state index is 16.4. The zero-order valence-corrected chi connectivity index (χ0v) is 35.7. The van der Waals surface area contributed by atoms with E-state index >= 15 is 4.39 Å². The minimum Gasteiger partial charge on any atom is -0.456 e. The van der Waals surface area contributed by atoms with Crippen molar-refractivity contribution in [1.29, 1.82) is 0 Å². The molecular formula is C49H49BrClFN2O. The second kappa shape index (κ2) is 14.2. The highest BCUT2D eigenvalue weighted by molar-refractivity contribution is 9.10. The fraction of sp³-hybridized carbons (Fsp3) is 0.265. The van der Waals surface area contributed by atoms with Crippen molar-refractivity contribution < 1.29 is 8.81 Å². The van der Waals surface area contributed by atoms with E-state index in [1.807, 2.05) is 54.3 Å². The second-order valence-electron chi connectivity index (χ2n) is 17.7. The number of para-hydroxylation sites is 1. The normalized spacial score (nSPS) is 12.5. The molecule has 1 aromatic heterocycles. The maximum Gasteiger partial charge on any atom is 0.147 e. The Bertz CT molecular complexity index is 2480. The highest BCUT2D eigenvalue weighted by atomic mass is 79.9. The molecule has 0 fully saturated rings. The number of anilines is 6. The van der Waals surface area contributed by atoms with Gasteiger partial charge in [-0.05, 0) is 122 Å². The maximum absolute atomic E-state index is 16.4. The van der Waals surface area contributed by atoms with E-state index in [4.69, 9.17) is 16.0 Å². The topological polar surface area (TPSA) is 19.6 Å². The molecule has 7 rings (SSSR count). The summed E-state index contributed by atoms with van der Waals surface area (Å²) in [6.45, 7) is 21.8. The van der Waals surface area contributed by atoms with E-state index < -0.39 is 0 Å². The Morgan fingerprint density at radius 1 is 0.545 bits per heavy atom. The van der Waals surface area contributed by atoms with Crippen molar-refractivity contribution in [2.45, 2.75) is 85.5 Å². The summed E-state index contributed by atoms with van der Waals surface area (Å²) in [4.78, 5) is 4.22. The molecule has 0 aliphatic rings. The Balaban J connectivity index is 1.59. The fourth-order valence-corrected chi connectivity index (χ4v) is 7.79. The van der Waals surface area contributed by atoms with Gasteiger partial charge in [-0.25, -0.2) is 4.39 Å². The minimum atomic E-state index is -0.355. The summed E-state index contributed by atoms with van der Waals surface area (Å²) >= 11 is 11.0. The van der Waals surface area contributed by atoms with Crippen molar-refractivity contribution in [2.24, 2.45) is 0 Å². The quantitative estimate of drug-likeness (QED) is 0.167. The number of furan rings is 1. The van der Waals surface area contributed by atoms with E-state index in [-0.39, 0.29) is 22.1 Å². The zero-order chi connectivity index (χ0) is 39.6. The molecule has 55 heavy (non-hydrogen) atoms. The Kier molecular flexibility index (Phi) is 9.97. The molecule has 0 unspecified atom stereocenters. The van der Waals surface area contributed by atoms with Gasteiger partial charge in [-0.2, -0.15) is 0 Å². The first-order valence-electron chi connectivity index (χ1n) is 18.8. The van der Waals surface area contributed by atoms with Crippen LogP contribution in [0.15, 0.2) is 124 Å². The van der Waals surface area contributed by atoms with Crippen LogP contribution in [-0.4, -0.2) is 0 Å². The number of aryl methyl sites for hydroxylation is 1. The number of halogens is 3. The van der Waals surface area contributed by atoms with E-state index in [2.05, 4.69) is 150 Å². The molecule has 0 radical (unpaired) electrons. The summed E-state index contributed by atoms with van der Waals surface area (Å²) in [5, 5.41) is 2.43. The van der Waals surface area contributed by atoms with Crippen molar-refractivity contribution in [3.63, 3.8) is 0 Å². The fourth-order valence-electron chi connectivity index (χ4n) is 7.14. The molecule has 0 saturated heterocycles. The Hall–Kier alpha value is -4.58. The molecule has 0 bridgehead atoms. The molecule has 0 atom stereocenters. The molecule has 6 aromatic carbocycles. The molecule has 0 N–H and O–H groups in total. The monoisotopic (exact) mass is 814 g/mol. The predicted molar refractivity (Wildman–Crippen MR) is 237 cm³/mol. The Labute approximate surface area is 338 Å². The SMILES string of the molecule is Cc1ccc(N(c2cc(N(c3ccc(C(C)(C)C)cc3)c3ccc(C(C)(C)C)cc3)c3c(c2)oc2ccccc23)c2cc(C(C)(C)C)cc(Br)c2Cl)c(F)c1. The van der Waals surface area contributed by atoms with Crippen LogP contribution in [0.3, 0.4) is 0 Å². The van der Waals surface area contributed by atoms with Crippen LogP contribution in [0, 0.1) is 12.7 Å². The molecule has 0 spiro atoms. The van der Waals surface area contributed by atoms with E-state index in [1.54, 1.807) is 6.07 Å². The number of hydrogen-bond donors (Lipinski definition) is 0. The van der Waals surface area contributed by atoms with Gasteiger partial charge in [0.25, 0.3) is 0 Å². The van der Waals surface area contributed by atoms with Crippen molar-refractivity contribution >= 4 is 83.6 Å². The first-order chi connectivity index (χ1) is 25.8. The lowest BCUT2D eigenvalue weighted by Gasteiger charge is -2.32.